The molecule has 0 radical (unpaired) electrons. The molecule has 96 valence electrons. The van der Waals surface area contributed by atoms with E-state index >= 15 is 0 Å². The number of hydrogen-bond donors (Lipinski definition) is 1. The Morgan fingerprint density at radius 2 is 2.22 bits per heavy atom. The number of nitrogens with zero attached hydrogens (tertiary/aromatic N) is 1. The van der Waals surface area contributed by atoms with Crippen molar-refractivity contribution in [2.45, 2.75) is 6.92 Å². The average molecular weight is 250 g/mol. The minimum absolute atomic E-state index is 0.155. The van der Waals surface area contributed by atoms with Crippen LogP contribution in [0.4, 0.5) is 5.69 Å². The van der Waals surface area contributed by atoms with Crippen LogP contribution in [-0.2, 0) is 4.74 Å². The average Bonchev–Trinajstić information content (AvgIpc) is 2.36. The number of esters is 1. The lowest BCUT2D eigenvalue weighted by Crippen LogP contribution is -2.06. The second-order valence-corrected chi connectivity index (χ2v) is 3.59. The highest BCUT2D eigenvalue weighted by Gasteiger charge is 2.17. The van der Waals surface area contributed by atoms with Crippen molar-refractivity contribution in [2.75, 3.05) is 13.7 Å². The van der Waals surface area contributed by atoms with Gasteiger partial charge in [0.05, 0.1) is 17.6 Å². The van der Waals surface area contributed by atoms with Gasteiger partial charge in [-0.05, 0) is 18.1 Å². The minimum atomic E-state index is -0.599. The summed E-state index contributed by atoms with van der Waals surface area (Å²) >= 11 is 0. The Balaban J connectivity index is 3.42. The van der Waals surface area contributed by atoms with Crippen LogP contribution in [0, 0.1) is 17.0 Å². The van der Waals surface area contributed by atoms with Crippen molar-refractivity contribution in [2.24, 2.45) is 5.73 Å². The lowest BCUT2D eigenvalue weighted by molar-refractivity contribution is -0.384. The van der Waals surface area contributed by atoms with Gasteiger partial charge in [0.15, 0.2) is 0 Å². The Morgan fingerprint density at radius 1 is 1.56 bits per heavy atom. The third kappa shape index (κ3) is 2.92. The van der Waals surface area contributed by atoms with Gasteiger partial charge in [0.1, 0.15) is 0 Å². The van der Waals surface area contributed by atoms with Crippen LogP contribution in [-0.4, -0.2) is 24.5 Å². The molecule has 0 saturated heterocycles. The second-order valence-electron chi connectivity index (χ2n) is 3.59. The Kier molecular flexibility index (Phi) is 4.56. The maximum atomic E-state index is 11.5. The summed E-state index contributed by atoms with van der Waals surface area (Å²) in [6.07, 6.45) is 3.31. The molecule has 1 aromatic carbocycles. The highest BCUT2D eigenvalue weighted by atomic mass is 16.6. The summed E-state index contributed by atoms with van der Waals surface area (Å²) in [6.45, 7) is 2.02. The van der Waals surface area contributed by atoms with Crippen molar-refractivity contribution in [3.63, 3.8) is 0 Å². The van der Waals surface area contributed by atoms with Crippen molar-refractivity contribution in [1.29, 1.82) is 0 Å². The number of nitrogens with two attached hydrogens (primary N) is 1. The van der Waals surface area contributed by atoms with Crippen molar-refractivity contribution in [3.8, 4) is 0 Å². The van der Waals surface area contributed by atoms with Crippen LogP contribution in [0.3, 0.4) is 0 Å². The predicted molar refractivity (Wildman–Crippen MR) is 67.3 cm³/mol. The quantitative estimate of drug-likeness (QED) is 0.498. The van der Waals surface area contributed by atoms with E-state index in [0.29, 0.717) is 17.7 Å². The summed E-state index contributed by atoms with van der Waals surface area (Å²) in [4.78, 5) is 21.8. The topological polar surface area (TPSA) is 95.5 Å². The van der Waals surface area contributed by atoms with Crippen molar-refractivity contribution in [1.82, 2.24) is 0 Å². The van der Waals surface area contributed by atoms with E-state index < -0.39 is 10.9 Å². The molecule has 0 bridgehead atoms. The molecule has 0 heterocycles. The Labute approximate surface area is 104 Å². The normalized spacial score (nSPS) is 10.6. The van der Waals surface area contributed by atoms with Gasteiger partial charge in [-0.25, -0.2) is 4.79 Å². The van der Waals surface area contributed by atoms with Crippen LogP contribution in [0.5, 0.6) is 0 Å². The second kappa shape index (κ2) is 5.92. The molecule has 0 aliphatic heterocycles. The van der Waals surface area contributed by atoms with E-state index in [0.717, 1.165) is 0 Å². The summed E-state index contributed by atoms with van der Waals surface area (Å²) in [7, 11) is 1.23. The van der Waals surface area contributed by atoms with Gasteiger partial charge in [0, 0.05) is 18.7 Å². The molecule has 6 heteroatoms. The highest BCUT2D eigenvalue weighted by molar-refractivity contribution is 5.93. The first-order valence-electron chi connectivity index (χ1n) is 5.25. The number of non-ortho nitro benzene ring substituents is 1. The first-order valence-corrected chi connectivity index (χ1v) is 5.25. The molecule has 0 amide bonds. The van der Waals surface area contributed by atoms with Crippen LogP contribution in [0.25, 0.3) is 6.08 Å². The lowest BCUT2D eigenvalue weighted by atomic mass is 10.0. The van der Waals surface area contributed by atoms with E-state index in [1.165, 1.54) is 19.2 Å². The number of carbonyl (C=O) groups is 1. The van der Waals surface area contributed by atoms with E-state index in [9.17, 15) is 14.9 Å². The fraction of sp³-hybridized carbons (Fsp3) is 0.250. The van der Waals surface area contributed by atoms with Crippen molar-refractivity contribution < 1.29 is 14.5 Å². The van der Waals surface area contributed by atoms with Crippen LogP contribution in [0.2, 0.25) is 0 Å². The number of benzene rings is 1. The number of nitro groups is 1. The molecule has 6 nitrogen and oxygen atoms in total. The van der Waals surface area contributed by atoms with E-state index in [-0.39, 0.29) is 11.3 Å². The molecule has 0 unspecified atom stereocenters. The molecule has 0 fully saturated rings. The van der Waals surface area contributed by atoms with Gasteiger partial charge in [-0.15, -0.1) is 0 Å². The van der Waals surface area contributed by atoms with E-state index in [1.807, 2.05) is 0 Å². The molecule has 1 aromatic rings. The molecule has 0 aliphatic carbocycles. The zero-order chi connectivity index (χ0) is 13.7. The number of hydrogen-bond acceptors (Lipinski definition) is 5. The third-order valence-electron chi connectivity index (χ3n) is 2.48. The molecule has 0 saturated carbocycles. The molecular weight excluding hydrogens is 236 g/mol. The third-order valence-corrected chi connectivity index (χ3v) is 2.48. The monoisotopic (exact) mass is 250 g/mol. The largest absolute Gasteiger partial charge is 0.465 e. The smallest absolute Gasteiger partial charge is 0.338 e. The van der Waals surface area contributed by atoms with Crippen LogP contribution < -0.4 is 5.73 Å². The highest BCUT2D eigenvalue weighted by Crippen LogP contribution is 2.23. The SMILES string of the molecule is COC(=O)c1cc([N+](=O)[O-])cc(C=CCN)c1C. The Bertz CT molecular complexity index is 509. The molecule has 1 rings (SSSR count). The summed E-state index contributed by atoms with van der Waals surface area (Å²) in [6, 6.07) is 2.61. The van der Waals surface area contributed by atoms with Crippen molar-refractivity contribution in [3.05, 3.63) is 45.0 Å². The molecule has 0 spiro atoms. The lowest BCUT2D eigenvalue weighted by Gasteiger charge is -2.07. The number of ether oxygens (including phenoxy) is 1. The van der Waals surface area contributed by atoms with Gasteiger partial charge in [-0.1, -0.05) is 12.2 Å². The number of carbonyl (C=O) groups excluding carboxylic acids is 1. The molecule has 2 N–H and O–H groups in total. The van der Waals surface area contributed by atoms with Crippen molar-refractivity contribution >= 4 is 17.7 Å². The standard InChI is InChI=1S/C12H14N2O4/c1-8-9(4-3-5-13)6-10(14(16)17)7-11(8)12(15)18-2/h3-4,6-7H,5,13H2,1-2H3. The molecular formula is C12H14N2O4. The maximum absolute atomic E-state index is 11.5. The van der Waals surface area contributed by atoms with Gasteiger partial charge in [-0.3, -0.25) is 10.1 Å². The fourth-order valence-electron chi connectivity index (χ4n) is 1.52. The van der Waals surface area contributed by atoms with Gasteiger partial charge in [0.2, 0.25) is 0 Å². The molecule has 0 atom stereocenters. The van der Waals surface area contributed by atoms with E-state index in [4.69, 9.17) is 5.73 Å². The van der Waals surface area contributed by atoms with Crippen LogP contribution in [0.1, 0.15) is 21.5 Å². The van der Waals surface area contributed by atoms with Crippen LogP contribution >= 0.6 is 0 Å². The van der Waals surface area contributed by atoms with E-state index in [1.54, 1.807) is 19.1 Å². The predicted octanol–water partition coefficient (Wildman–Crippen LogP) is 1.66. The van der Waals surface area contributed by atoms with Gasteiger partial charge in [0.25, 0.3) is 5.69 Å². The molecule has 18 heavy (non-hydrogen) atoms. The van der Waals surface area contributed by atoms with Gasteiger partial charge < -0.3 is 10.5 Å². The Morgan fingerprint density at radius 3 is 2.72 bits per heavy atom. The number of nitro benzene ring substituents is 1. The summed E-state index contributed by atoms with van der Waals surface area (Å²) in [5.41, 5.74) is 6.57. The zero-order valence-corrected chi connectivity index (χ0v) is 10.2. The fourth-order valence-corrected chi connectivity index (χ4v) is 1.52. The summed E-state index contributed by atoms with van der Waals surface area (Å²) in [5.74, 6) is -0.599. The van der Waals surface area contributed by atoms with Gasteiger partial charge in [-0.2, -0.15) is 0 Å². The molecule has 0 aliphatic rings. The zero-order valence-electron chi connectivity index (χ0n) is 10.2. The first kappa shape index (κ1) is 13.9. The minimum Gasteiger partial charge on any atom is -0.465 e. The molecule has 0 aromatic heterocycles. The Hall–Kier alpha value is -2.21. The number of methoxy groups -OCH3 is 1. The number of rotatable bonds is 4. The summed E-state index contributed by atoms with van der Waals surface area (Å²) < 4.78 is 4.60. The van der Waals surface area contributed by atoms with Gasteiger partial charge >= 0.3 is 5.97 Å². The maximum Gasteiger partial charge on any atom is 0.338 e. The van der Waals surface area contributed by atoms with Crippen LogP contribution in [0.15, 0.2) is 18.2 Å². The first-order chi connectivity index (χ1) is 8.51. The summed E-state index contributed by atoms with van der Waals surface area (Å²) in [5, 5.41) is 10.8. The van der Waals surface area contributed by atoms with E-state index in [2.05, 4.69) is 4.74 Å².